The maximum atomic E-state index is 3.84. The van der Waals surface area contributed by atoms with Gasteiger partial charge in [-0.25, -0.2) is 0 Å². The van der Waals surface area contributed by atoms with Gasteiger partial charge in [-0.1, -0.05) is 19.3 Å². The third-order valence-electron chi connectivity index (χ3n) is 5.79. The Morgan fingerprint density at radius 2 is 1.85 bits per heavy atom. The van der Waals surface area contributed by atoms with Crippen molar-refractivity contribution in [3.63, 3.8) is 0 Å². The largest absolute Gasteiger partial charge is 0.313 e. The minimum atomic E-state index is 0.585. The normalized spacial score (nSPS) is 31.1. The van der Waals surface area contributed by atoms with Gasteiger partial charge in [0.2, 0.25) is 0 Å². The number of likely N-dealkylation sites (N-methyl/N-ethyl adjacent to an activating group) is 1. The Kier molecular flexibility index (Phi) is 4.68. The molecule has 3 fully saturated rings. The lowest BCUT2D eigenvalue weighted by Gasteiger charge is -2.40. The summed E-state index contributed by atoms with van der Waals surface area (Å²) in [6.07, 6.45) is 11.5. The molecule has 0 radical (unpaired) electrons. The first-order valence-corrected chi connectivity index (χ1v) is 8.79. The maximum Gasteiger partial charge on any atom is 0.0229 e. The fourth-order valence-corrected chi connectivity index (χ4v) is 4.19. The van der Waals surface area contributed by atoms with Crippen LogP contribution >= 0.6 is 0 Å². The first-order valence-electron chi connectivity index (χ1n) is 8.79. The van der Waals surface area contributed by atoms with Crippen molar-refractivity contribution >= 4 is 0 Å². The number of hydrogen-bond acceptors (Lipinski definition) is 3. The van der Waals surface area contributed by atoms with Crippen molar-refractivity contribution in [2.24, 2.45) is 5.41 Å². The predicted octanol–water partition coefficient (Wildman–Crippen LogP) is 2.32. The van der Waals surface area contributed by atoms with E-state index in [1.807, 2.05) is 0 Å². The van der Waals surface area contributed by atoms with Crippen molar-refractivity contribution in [2.75, 3.05) is 40.3 Å². The lowest BCUT2D eigenvalue weighted by atomic mass is 9.73. The van der Waals surface area contributed by atoms with Crippen LogP contribution in [0, 0.1) is 5.41 Å². The highest BCUT2D eigenvalue weighted by Gasteiger charge is 2.37. The van der Waals surface area contributed by atoms with E-state index in [0.29, 0.717) is 5.41 Å². The van der Waals surface area contributed by atoms with Gasteiger partial charge in [0.1, 0.15) is 0 Å². The quantitative estimate of drug-likeness (QED) is 0.805. The van der Waals surface area contributed by atoms with Crippen molar-refractivity contribution in [1.82, 2.24) is 15.1 Å². The second-order valence-corrected chi connectivity index (χ2v) is 7.86. The molecule has 1 aliphatic heterocycles. The summed E-state index contributed by atoms with van der Waals surface area (Å²) in [6.45, 7) is 5.23. The number of rotatable bonds is 6. The molecule has 1 unspecified atom stereocenters. The molecule has 0 aromatic rings. The Hall–Kier alpha value is -0.120. The highest BCUT2D eigenvalue weighted by Crippen LogP contribution is 2.38. The van der Waals surface area contributed by atoms with E-state index >= 15 is 0 Å². The third kappa shape index (κ3) is 3.75. The van der Waals surface area contributed by atoms with Crippen molar-refractivity contribution in [3.8, 4) is 0 Å². The van der Waals surface area contributed by atoms with Gasteiger partial charge in [0.05, 0.1) is 0 Å². The van der Waals surface area contributed by atoms with Crippen molar-refractivity contribution in [2.45, 2.75) is 63.5 Å². The Balaban J connectivity index is 1.55. The average molecular weight is 279 g/mol. The zero-order valence-corrected chi connectivity index (χ0v) is 13.5. The van der Waals surface area contributed by atoms with Gasteiger partial charge < -0.3 is 15.1 Å². The van der Waals surface area contributed by atoms with E-state index in [1.54, 1.807) is 0 Å². The summed E-state index contributed by atoms with van der Waals surface area (Å²) in [4.78, 5) is 5.17. The minimum Gasteiger partial charge on any atom is -0.313 e. The zero-order valence-electron chi connectivity index (χ0n) is 13.5. The molecule has 1 saturated heterocycles. The van der Waals surface area contributed by atoms with E-state index in [0.717, 1.165) is 12.1 Å². The minimum absolute atomic E-state index is 0.585. The molecule has 0 bridgehead atoms. The average Bonchev–Trinajstić information content (AvgIpc) is 3.16. The number of hydrogen-bond donors (Lipinski definition) is 1. The molecule has 116 valence electrons. The molecule has 20 heavy (non-hydrogen) atoms. The summed E-state index contributed by atoms with van der Waals surface area (Å²) in [6, 6.07) is 1.65. The van der Waals surface area contributed by atoms with Gasteiger partial charge in [0.15, 0.2) is 0 Å². The highest BCUT2D eigenvalue weighted by molar-refractivity contribution is 4.93. The van der Waals surface area contributed by atoms with E-state index in [4.69, 9.17) is 0 Å². The van der Waals surface area contributed by atoms with Gasteiger partial charge in [-0.15, -0.1) is 0 Å². The first-order chi connectivity index (χ1) is 9.67. The second kappa shape index (κ2) is 6.33. The first kappa shape index (κ1) is 14.8. The van der Waals surface area contributed by atoms with Crippen LogP contribution in [-0.2, 0) is 0 Å². The van der Waals surface area contributed by atoms with Crippen LogP contribution in [0.5, 0.6) is 0 Å². The maximum absolute atomic E-state index is 3.84. The molecule has 3 aliphatic rings. The molecule has 0 spiro atoms. The molecule has 3 heteroatoms. The van der Waals surface area contributed by atoms with Gasteiger partial charge in [-0.05, 0) is 58.2 Å². The van der Waals surface area contributed by atoms with Gasteiger partial charge in [-0.3, -0.25) is 0 Å². The van der Waals surface area contributed by atoms with Crippen LogP contribution in [0.15, 0.2) is 0 Å². The fourth-order valence-electron chi connectivity index (χ4n) is 4.19. The molecular weight excluding hydrogens is 246 g/mol. The Bertz CT molecular complexity index is 305. The number of nitrogens with zero attached hydrogens (tertiary/aromatic N) is 2. The standard InChI is InChI=1S/C17H33N3/c1-19(2)16-8-11-20(12-16)14-17(9-4-3-5-10-17)13-18-15-6-7-15/h15-16,18H,3-14H2,1-2H3. The molecule has 3 rings (SSSR count). The molecule has 2 saturated carbocycles. The summed E-state index contributed by atoms with van der Waals surface area (Å²) in [5, 5.41) is 3.84. The van der Waals surface area contributed by atoms with Crippen LogP contribution in [0.25, 0.3) is 0 Å². The summed E-state index contributed by atoms with van der Waals surface area (Å²) in [5.74, 6) is 0. The Morgan fingerprint density at radius 3 is 2.45 bits per heavy atom. The molecule has 1 atom stereocenters. The van der Waals surface area contributed by atoms with Crippen LogP contribution < -0.4 is 5.32 Å². The second-order valence-electron chi connectivity index (χ2n) is 7.86. The molecule has 3 nitrogen and oxygen atoms in total. The molecule has 0 aromatic carbocycles. The van der Waals surface area contributed by atoms with Crippen molar-refractivity contribution in [1.29, 1.82) is 0 Å². The molecule has 0 amide bonds. The topological polar surface area (TPSA) is 18.5 Å². The lowest BCUT2D eigenvalue weighted by molar-refractivity contribution is 0.112. The van der Waals surface area contributed by atoms with E-state index < -0.39 is 0 Å². The Labute approximate surface area is 125 Å². The summed E-state index contributed by atoms with van der Waals surface area (Å²) in [5.41, 5.74) is 0.585. The summed E-state index contributed by atoms with van der Waals surface area (Å²) < 4.78 is 0. The van der Waals surface area contributed by atoms with Gasteiger partial charge in [-0.2, -0.15) is 0 Å². The molecule has 1 heterocycles. The number of likely N-dealkylation sites (tertiary alicyclic amines) is 1. The van der Waals surface area contributed by atoms with E-state index in [9.17, 15) is 0 Å². The van der Waals surface area contributed by atoms with E-state index in [2.05, 4.69) is 29.2 Å². The predicted molar refractivity (Wildman–Crippen MR) is 85.1 cm³/mol. The van der Waals surface area contributed by atoms with E-state index in [-0.39, 0.29) is 0 Å². The van der Waals surface area contributed by atoms with Crippen LogP contribution in [-0.4, -0.2) is 62.2 Å². The Morgan fingerprint density at radius 1 is 1.10 bits per heavy atom. The highest BCUT2D eigenvalue weighted by atomic mass is 15.2. The van der Waals surface area contributed by atoms with Gasteiger partial charge >= 0.3 is 0 Å². The monoisotopic (exact) mass is 279 g/mol. The third-order valence-corrected chi connectivity index (χ3v) is 5.79. The summed E-state index contributed by atoms with van der Waals surface area (Å²) >= 11 is 0. The molecular formula is C17H33N3. The molecule has 0 aromatic heterocycles. The molecule has 1 N–H and O–H groups in total. The van der Waals surface area contributed by atoms with Gasteiger partial charge in [0.25, 0.3) is 0 Å². The van der Waals surface area contributed by atoms with Crippen molar-refractivity contribution in [3.05, 3.63) is 0 Å². The van der Waals surface area contributed by atoms with Crippen molar-refractivity contribution < 1.29 is 0 Å². The number of nitrogens with one attached hydrogen (secondary N) is 1. The van der Waals surface area contributed by atoms with Gasteiger partial charge in [0, 0.05) is 31.7 Å². The smallest absolute Gasteiger partial charge is 0.0229 e. The van der Waals surface area contributed by atoms with E-state index in [1.165, 1.54) is 77.5 Å². The van der Waals surface area contributed by atoms with Crippen LogP contribution in [0.2, 0.25) is 0 Å². The summed E-state index contributed by atoms with van der Waals surface area (Å²) in [7, 11) is 4.47. The zero-order chi connectivity index (χ0) is 14.0. The lowest BCUT2D eigenvalue weighted by Crippen LogP contribution is -2.46. The van der Waals surface area contributed by atoms with Crippen LogP contribution in [0.3, 0.4) is 0 Å². The van der Waals surface area contributed by atoms with Crippen LogP contribution in [0.4, 0.5) is 0 Å². The fraction of sp³-hybridized carbons (Fsp3) is 1.00. The molecule has 2 aliphatic carbocycles. The SMILES string of the molecule is CN(C)C1CCN(CC2(CNC3CC3)CCCCC2)C1. The van der Waals surface area contributed by atoms with Crippen LogP contribution in [0.1, 0.15) is 51.4 Å².